The smallest absolute Gasteiger partial charge is 0.320 e. The van der Waals surface area contributed by atoms with Crippen molar-refractivity contribution in [1.82, 2.24) is 5.32 Å². The summed E-state index contributed by atoms with van der Waals surface area (Å²) in [5.41, 5.74) is 0. The van der Waals surface area contributed by atoms with Gasteiger partial charge in [-0.25, -0.2) is 0 Å². The first-order chi connectivity index (χ1) is 9.63. The number of carboxylic acid groups (broad SMARTS) is 1. The van der Waals surface area contributed by atoms with Crippen molar-refractivity contribution in [3.63, 3.8) is 0 Å². The third-order valence-corrected chi connectivity index (χ3v) is 3.67. The fourth-order valence-corrected chi connectivity index (χ4v) is 2.45. The van der Waals surface area contributed by atoms with Crippen LogP contribution < -0.4 is 5.32 Å². The molecule has 1 fully saturated rings. The van der Waals surface area contributed by atoms with Gasteiger partial charge in [0.25, 0.3) is 0 Å². The van der Waals surface area contributed by atoms with Crippen LogP contribution in [0.1, 0.15) is 64.7 Å². The molecule has 0 aromatic heterocycles. The van der Waals surface area contributed by atoms with Crippen LogP contribution in [0, 0.1) is 0 Å². The van der Waals surface area contributed by atoms with E-state index in [2.05, 4.69) is 12.2 Å². The summed E-state index contributed by atoms with van der Waals surface area (Å²) in [7, 11) is 0. The fraction of sp³-hybridized carbons (Fsp3) is 0.867. The predicted molar refractivity (Wildman–Crippen MR) is 76.5 cm³/mol. The number of hydrogen-bond donors (Lipinski definition) is 2. The second-order valence-electron chi connectivity index (χ2n) is 5.52. The van der Waals surface area contributed by atoms with Gasteiger partial charge in [0, 0.05) is 19.4 Å². The van der Waals surface area contributed by atoms with Gasteiger partial charge in [0.2, 0.25) is 0 Å². The van der Waals surface area contributed by atoms with Crippen molar-refractivity contribution in [3.8, 4) is 0 Å². The van der Waals surface area contributed by atoms with E-state index in [1.807, 2.05) is 0 Å². The summed E-state index contributed by atoms with van der Waals surface area (Å²) in [4.78, 5) is 22.4. The molecule has 1 heterocycles. The van der Waals surface area contributed by atoms with Crippen molar-refractivity contribution in [2.45, 2.75) is 76.9 Å². The Morgan fingerprint density at radius 1 is 1.15 bits per heavy atom. The van der Waals surface area contributed by atoms with Gasteiger partial charge in [-0.2, -0.15) is 0 Å². The number of hydrogen-bond acceptors (Lipinski definition) is 4. The van der Waals surface area contributed by atoms with Crippen molar-refractivity contribution in [1.29, 1.82) is 0 Å². The highest BCUT2D eigenvalue weighted by Crippen LogP contribution is 2.13. The molecule has 5 nitrogen and oxygen atoms in total. The van der Waals surface area contributed by atoms with Crippen LogP contribution in [-0.4, -0.2) is 35.7 Å². The first-order valence-electron chi connectivity index (χ1n) is 7.79. The maximum Gasteiger partial charge on any atom is 0.320 e. The Kier molecular flexibility index (Phi) is 8.26. The molecule has 0 amide bonds. The second-order valence-corrected chi connectivity index (χ2v) is 5.52. The molecule has 1 aliphatic heterocycles. The third kappa shape index (κ3) is 6.89. The summed E-state index contributed by atoms with van der Waals surface area (Å²) >= 11 is 0. The standard InChI is InChI=1S/C15H27NO4/c1-2-3-4-5-6-7-8-9-14(17)20-12-10-13(15(18)19)16-11-12/h12-13,16H,2-11H2,1H3,(H,18,19). The average Bonchev–Trinajstić information content (AvgIpc) is 2.86. The van der Waals surface area contributed by atoms with Gasteiger partial charge >= 0.3 is 11.9 Å². The molecule has 0 bridgehead atoms. The number of nitrogens with one attached hydrogen (secondary N) is 1. The average molecular weight is 285 g/mol. The highest BCUT2D eigenvalue weighted by atomic mass is 16.5. The van der Waals surface area contributed by atoms with Gasteiger partial charge < -0.3 is 15.2 Å². The van der Waals surface area contributed by atoms with E-state index < -0.39 is 12.0 Å². The summed E-state index contributed by atoms with van der Waals surface area (Å²) in [5, 5.41) is 11.7. The zero-order valence-corrected chi connectivity index (χ0v) is 12.4. The summed E-state index contributed by atoms with van der Waals surface area (Å²) < 4.78 is 5.27. The normalized spacial score (nSPS) is 21.9. The Labute approximate surface area is 121 Å². The van der Waals surface area contributed by atoms with Crippen LogP contribution in [0.3, 0.4) is 0 Å². The Morgan fingerprint density at radius 3 is 2.40 bits per heavy atom. The number of carbonyl (C=O) groups is 2. The van der Waals surface area contributed by atoms with Crippen LogP contribution in [-0.2, 0) is 14.3 Å². The van der Waals surface area contributed by atoms with Crippen LogP contribution in [0.15, 0.2) is 0 Å². The topological polar surface area (TPSA) is 75.6 Å². The van der Waals surface area contributed by atoms with E-state index in [0.29, 0.717) is 19.4 Å². The van der Waals surface area contributed by atoms with Gasteiger partial charge in [-0.1, -0.05) is 45.4 Å². The number of carboxylic acids is 1. The van der Waals surface area contributed by atoms with E-state index >= 15 is 0 Å². The number of ether oxygens (including phenoxy) is 1. The molecule has 0 radical (unpaired) electrons. The van der Waals surface area contributed by atoms with Gasteiger partial charge in [0.1, 0.15) is 12.1 Å². The number of carbonyl (C=O) groups excluding carboxylic acids is 1. The van der Waals surface area contributed by atoms with Crippen molar-refractivity contribution < 1.29 is 19.4 Å². The molecule has 20 heavy (non-hydrogen) atoms. The lowest BCUT2D eigenvalue weighted by Gasteiger charge is -2.10. The third-order valence-electron chi connectivity index (χ3n) is 3.67. The lowest BCUT2D eigenvalue weighted by Crippen LogP contribution is -2.30. The number of unbranched alkanes of at least 4 members (excludes halogenated alkanes) is 6. The molecule has 1 saturated heterocycles. The monoisotopic (exact) mass is 285 g/mol. The predicted octanol–water partition coefficient (Wildman–Crippen LogP) is 2.49. The second kappa shape index (κ2) is 9.75. The molecular formula is C15H27NO4. The molecule has 0 aromatic carbocycles. The molecule has 2 atom stereocenters. The van der Waals surface area contributed by atoms with Gasteiger partial charge in [-0.3, -0.25) is 9.59 Å². The van der Waals surface area contributed by atoms with Crippen LogP contribution in [0.5, 0.6) is 0 Å². The van der Waals surface area contributed by atoms with Crippen LogP contribution in [0.4, 0.5) is 0 Å². The first-order valence-corrected chi connectivity index (χ1v) is 7.79. The van der Waals surface area contributed by atoms with Crippen molar-refractivity contribution in [2.75, 3.05) is 6.54 Å². The molecule has 0 saturated carbocycles. The maximum atomic E-state index is 11.6. The number of esters is 1. The van der Waals surface area contributed by atoms with Crippen molar-refractivity contribution >= 4 is 11.9 Å². The SMILES string of the molecule is CCCCCCCCCC(=O)OC1CNC(C(=O)O)C1. The van der Waals surface area contributed by atoms with Gasteiger partial charge in [0.05, 0.1) is 0 Å². The van der Waals surface area contributed by atoms with Crippen LogP contribution in [0.2, 0.25) is 0 Å². The fourth-order valence-electron chi connectivity index (χ4n) is 2.45. The molecule has 0 aromatic rings. The molecule has 0 spiro atoms. The zero-order valence-electron chi connectivity index (χ0n) is 12.4. The lowest BCUT2D eigenvalue weighted by atomic mass is 10.1. The summed E-state index contributed by atoms with van der Waals surface area (Å²) in [6.45, 7) is 2.64. The Bertz CT molecular complexity index is 306. The number of aliphatic carboxylic acids is 1. The molecule has 2 N–H and O–H groups in total. The Morgan fingerprint density at radius 2 is 1.80 bits per heavy atom. The maximum absolute atomic E-state index is 11.6. The minimum atomic E-state index is -0.879. The zero-order chi connectivity index (χ0) is 14.8. The van der Waals surface area contributed by atoms with Crippen LogP contribution >= 0.6 is 0 Å². The molecule has 5 heteroatoms. The van der Waals surface area contributed by atoms with Crippen LogP contribution in [0.25, 0.3) is 0 Å². The minimum absolute atomic E-state index is 0.198. The van der Waals surface area contributed by atoms with E-state index in [0.717, 1.165) is 12.8 Å². The summed E-state index contributed by atoms with van der Waals surface area (Å²) in [5.74, 6) is -1.08. The van der Waals surface area contributed by atoms with E-state index in [4.69, 9.17) is 9.84 Å². The molecular weight excluding hydrogens is 258 g/mol. The van der Waals surface area contributed by atoms with E-state index in [1.54, 1.807) is 0 Å². The minimum Gasteiger partial charge on any atom is -0.480 e. The Balaban J connectivity index is 2.00. The van der Waals surface area contributed by atoms with Gasteiger partial charge in [-0.15, -0.1) is 0 Å². The molecule has 116 valence electrons. The van der Waals surface area contributed by atoms with Gasteiger partial charge in [-0.05, 0) is 6.42 Å². The molecule has 0 aliphatic carbocycles. The highest BCUT2D eigenvalue weighted by molar-refractivity contribution is 5.74. The highest BCUT2D eigenvalue weighted by Gasteiger charge is 2.31. The van der Waals surface area contributed by atoms with Crippen molar-refractivity contribution in [2.24, 2.45) is 0 Å². The molecule has 1 rings (SSSR count). The van der Waals surface area contributed by atoms with E-state index in [9.17, 15) is 9.59 Å². The molecule has 1 aliphatic rings. The quantitative estimate of drug-likeness (QED) is 0.476. The van der Waals surface area contributed by atoms with Crippen molar-refractivity contribution in [3.05, 3.63) is 0 Å². The number of rotatable bonds is 10. The summed E-state index contributed by atoms with van der Waals surface area (Å²) in [6.07, 6.45) is 8.72. The van der Waals surface area contributed by atoms with E-state index in [1.165, 1.54) is 32.1 Å². The largest absolute Gasteiger partial charge is 0.480 e. The van der Waals surface area contributed by atoms with Gasteiger partial charge in [0.15, 0.2) is 0 Å². The summed E-state index contributed by atoms with van der Waals surface area (Å²) in [6, 6.07) is -0.577. The molecule has 2 unspecified atom stereocenters. The Hall–Kier alpha value is -1.10. The lowest BCUT2D eigenvalue weighted by molar-refractivity contribution is -0.149. The van der Waals surface area contributed by atoms with E-state index in [-0.39, 0.29) is 12.1 Å². The first kappa shape index (κ1) is 17.0.